The van der Waals surface area contributed by atoms with Crippen LogP contribution in [-0.4, -0.2) is 21.8 Å². The number of nitrogens with two attached hydrogens (primary N) is 1. The Morgan fingerprint density at radius 1 is 1.16 bits per heavy atom. The first-order chi connectivity index (χ1) is 9.08. The van der Waals surface area contributed by atoms with E-state index >= 15 is 0 Å². The van der Waals surface area contributed by atoms with E-state index in [0.29, 0.717) is 4.88 Å². The molecule has 2 amide bonds. The zero-order valence-electron chi connectivity index (χ0n) is 9.38. The number of anilines is 1. The summed E-state index contributed by atoms with van der Waals surface area (Å²) in [5, 5.41) is 0. The Morgan fingerprint density at radius 3 is 2.47 bits per heavy atom. The molecule has 0 radical (unpaired) electrons. The van der Waals surface area contributed by atoms with Crippen LogP contribution in [0.2, 0.25) is 0 Å². The number of hydrazine groups is 1. The second-order valence-corrected chi connectivity index (χ2v) is 5.77. The molecule has 0 spiro atoms. The molecule has 0 unspecified atom stereocenters. The van der Waals surface area contributed by atoms with Crippen molar-refractivity contribution in [3.63, 3.8) is 0 Å². The molecule has 0 fully saturated rings. The molecular weight excluding hydrogens is 334 g/mol. The molecule has 0 saturated carbocycles. The lowest BCUT2D eigenvalue weighted by molar-refractivity contribution is 0.0846. The number of halogens is 1. The van der Waals surface area contributed by atoms with Crippen molar-refractivity contribution >= 4 is 44.9 Å². The number of carbonyl (C=O) groups excluding carboxylic acids is 2. The van der Waals surface area contributed by atoms with Gasteiger partial charge in [-0.1, -0.05) is 0 Å². The summed E-state index contributed by atoms with van der Waals surface area (Å²) in [4.78, 5) is 31.3. The third-order valence-corrected chi connectivity index (χ3v) is 3.65. The largest absolute Gasteiger partial charge is 0.382 e. The molecule has 0 aliphatic carbocycles. The Kier molecular flexibility index (Phi) is 4.07. The molecule has 7 nitrogen and oxygen atoms in total. The van der Waals surface area contributed by atoms with Crippen molar-refractivity contribution in [1.29, 1.82) is 0 Å². The molecule has 2 aromatic rings. The number of amides is 2. The van der Waals surface area contributed by atoms with Gasteiger partial charge in [-0.2, -0.15) is 0 Å². The van der Waals surface area contributed by atoms with Gasteiger partial charge >= 0.3 is 0 Å². The van der Waals surface area contributed by atoms with Gasteiger partial charge in [-0.25, -0.2) is 9.97 Å². The van der Waals surface area contributed by atoms with Crippen molar-refractivity contribution in [2.75, 3.05) is 5.73 Å². The van der Waals surface area contributed by atoms with Crippen LogP contribution in [0.4, 0.5) is 5.82 Å². The molecule has 0 bridgehead atoms. The highest BCUT2D eigenvalue weighted by Crippen LogP contribution is 2.21. The monoisotopic (exact) mass is 341 g/mol. The zero-order valence-corrected chi connectivity index (χ0v) is 11.8. The Labute approximate surface area is 120 Å². The molecule has 0 atom stereocenters. The highest BCUT2D eigenvalue weighted by Gasteiger charge is 2.14. The summed E-state index contributed by atoms with van der Waals surface area (Å²) in [6.07, 6.45) is 2.71. The van der Waals surface area contributed by atoms with E-state index in [1.165, 1.54) is 23.7 Å². The lowest BCUT2D eigenvalue weighted by Crippen LogP contribution is -2.42. The number of hydrogen-bond donors (Lipinski definition) is 3. The molecule has 9 heteroatoms. The Morgan fingerprint density at radius 2 is 1.84 bits per heavy atom. The zero-order chi connectivity index (χ0) is 13.8. The van der Waals surface area contributed by atoms with E-state index in [-0.39, 0.29) is 11.5 Å². The van der Waals surface area contributed by atoms with Crippen LogP contribution in [0.3, 0.4) is 0 Å². The molecule has 0 aliphatic heterocycles. The Hall–Kier alpha value is -2.00. The maximum atomic E-state index is 11.7. The minimum Gasteiger partial charge on any atom is -0.382 e. The van der Waals surface area contributed by atoms with Crippen LogP contribution in [0.5, 0.6) is 0 Å². The van der Waals surface area contributed by atoms with Crippen molar-refractivity contribution in [3.05, 3.63) is 38.9 Å². The molecule has 0 aliphatic rings. The summed E-state index contributed by atoms with van der Waals surface area (Å²) >= 11 is 4.49. The van der Waals surface area contributed by atoms with Crippen LogP contribution < -0.4 is 16.6 Å². The normalized spacial score (nSPS) is 9.95. The van der Waals surface area contributed by atoms with Crippen molar-refractivity contribution in [3.8, 4) is 0 Å². The van der Waals surface area contributed by atoms with Crippen LogP contribution in [0.15, 0.2) is 28.3 Å². The number of thiophene rings is 1. The van der Waals surface area contributed by atoms with Crippen LogP contribution in [0.1, 0.15) is 20.2 Å². The van der Waals surface area contributed by atoms with E-state index in [1.807, 2.05) is 0 Å². The molecule has 2 rings (SSSR count). The Bertz CT molecular complexity index is 630. The molecule has 0 saturated heterocycles. The fourth-order valence-electron chi connectivity index (χ4n) is 1.19. The summed E-state index contributed by atoms with van der Waals surface area (Å²) in [7, 11) is 0. The van der Waals surface area contributed by atoms with Crippen LogP contribution in [0.25, 0.3) is 0 Å². The number of aromatic nitrogens is 2. The van der Waals surface area contributed by atoms with Gasteiger partial charge in [0.25, 0.3) is 11.8 Å². The number of nitrogens with zero attached hydrogens (tertiary/aromatic N) is 2. The van der Waals surface area contributed by atoms with Gasteiger partial charge in [0.1, 0.15) is 0 Å². The average molecular weight is 342 g/mol. The van der Waals surface area contributed by atoms with E-state index < -0.39 is 11.8 Å². The van der Waals surface area contributed by atoms with Crippen molar-refractivity contribution in [2.45, 2.75) is 0 Å². The molecule has 2 aromatic heterocycles. The fraction of sp³-hybridized carbons (Fsp3) is 0. The van der Waals surface area contributed by atoms with E-state index in [4.69, 9.17) is 5.73 Å². The second kappa shape index (κ2) is 5.76. The van der Waals surface area contributed by atoms with Gasteiger partial charge in [0.2, 0.25) is 0 Å². The standard InChI is InChI=1S/C10H8BrN5O2S/c11-6-2-1-5(19-6)9(17)15-16-10(18)7-8(12)14-4-3-13-7/h1-4H,(H2,12,14)(H,15,17)(H,16,18). The summed E-state index contributed by atoms with van der Waals surface area (Å²) in [6, 6.07) is 3.37. The van der Waals surface area contributed by atoms with Crippen molar-refractivity contribution in [1.82, 2.24) is 20.8 Å². The van der Waals surface area contributed by atoms with E-state index in [1.54, 1.807) is 12.1 Å². The van der Waals surface area contributed by atoms with Crippen LogP contribution in [-0.2, 0) is 0 Å². The molecule has 98 valence electrons. The van der Waals surface area contributed by atoms with Gasteiger partial charge in [0, 0.05) is 12.4 Å². The minimum atomic E-state index is -0.630. The van der Waals surface area contributed by atoms with Crippen LogP contribution in [0, 0.1) is 0 Å². The third kappa shape index (κ3) is 3.26. The quantitative estimate of drug-likeness (QED) is 0.704. The number of rotatable bonds is 2. The van der Waals surface area contributed by atoms with E-state index in [9.17, 15) is 9.59 Å². The molecule has 4 N–H and O–H groups in total. The lowest BCUT2D eigenvalue weighted by atomic mass is 10.4. The van der Waals surface area contributed by atoms with Gasteiger partial charge in [0.15, 0.2) is 11.5 Å². The highest BCUT2D eigenvalue weighted by atomic mass is 79.9. The topological polar surface area (TPSA) is 110 Å². The number of hydrogen-bond acceptors (Lipinski definition) is 6. The maximum absolute atomic E-state index is 11.7. The summed E-state index contributed by atoms with van der Waals surface area (Å²) < 4.78 is 0.821. The highest BCUT2D eigenvalue weighted by molar-refractivity contribution is 9.11. The average Bonchev–Trinajstić information content (AvgIpc) is 2.83. The third-order valence-electron chi connectivity index (χ3n) is 2.03. The summed E-state index contributed by atoms with van der Waals surface area (Å²) in [6.45, 7) is 0. The lowest BCUT2D eigenvalue weighted by Gasteiger charge is -2.06. The van der Waals surface area contributed by atoms with Gasteiger partial charge < -0.3 is 5.73 Å². The number of carbonyl (C=O) groups is 2. The van der Waals surface area contributed by atoms with Crippen LogP contribution >= 0.6 is 27.3 Å². The molecule has 19 heavy (non-hydrogen) atoms. The Balaban J connectivity index is 1.98. The first-order valence-corrected chi connectivity index (χ1v) is 6.61. The maximum Gasteiger partial charge on any atom is 0.292 e. The van der Waals surface area contributed by atoms with Gasteiger partial charge in [-0.3, -0.25) is 20.4 Å². The molecule has 2 heterocycles. The van der Waals surface area contributed by atoms with E-state index in [2.05, 4.69) is 36.7 Å². The fourth-order valence-corrected chi connectivity index (χ4v) is 2.48. The predicted octanol–water partition coefficient (Wildman–Crippen LogP) is 0.958. The van der Waals surface area contributed by atoms with Gasteiger partial charge in [0.05, 0.1) is 8.66 Å². The number of nitrogen functional groups attached to an aromatic ring is 1. The van der Waals surface area contributed by atoms with Gasteiger partial charge in [-0.15, -0.1) is 11.3 Å². The molecule has 0 aromatic carbocycles. The predicted molar refractivity (Wildman–Crippen MR) is 73.4 cm³/mol. The summed E-state index contributed by atoms with van der Waals surface area (Å²) in [5.41, 5.74) is 9.93. The van der Waals surface area contributed by atoms with E-state index in [0.717, 1.165) is 3.79 Å². The number of nitrogens with one attached hydrogen (secondary N) is 2. The first kappa shape index (κ1) is 13.4. The van der Waals surface area contributed by atoms with Crippen molar-refractivity contribution < 1.29 is 9.59 Å². The first-order valence-electron chi connectivity index (χ1n) is 5.00. The minimum absolute atomic E-state index is 0.00637. The molecular formula is C10H8BrN5O2S. The summed E-state index contributed by atoms with van der Waals surface area (Å²) in [5.74, 6) is -1.06. The van der Waals surface area contributed by atoms with Gasteiger partial charge in [-0.05, 0) is 28.1 Å². The smallest absolute Gasteiger partial charge is 0.292 e. The van der Waals surface area contributed by atoms with Crippen molar-refractivity contribution in [2.24, 2.45) is 0 Å². The second-order valence-electron chi connectivity index (χ2n) is 3.30. The SMILES string of the molecule is Nc1nccnc1C(=O)NNC(=O)c1ccc(Br)s1.